The normalized spacial score (nSPS) is 11.7. The zero-order valence-electron chi connectivity index (χ0n) is 47.0. The highest BCUT2D eigenvalue weighted by atomic mass is 32.1. The van der Waals surface area contributed by atoms with Crippen molar-refractivity contribution in [1.82, 2.24) is 0 Å². The van der Waals surface area contributed by atoms with E-state index < -0.39 is 0 Å². The molecule has 0 radical (unpaired) electrons. The van der Waals surface area contributed by atoms with Gasteiger partial charge in [0, 0.05) is 78.0 Å². The smallest absolute Gasteiger partial charge is 0.0481 e. The molecule has 0 N–H and O–H groups in total. The van der Waals surface area contributed by atoms with E-state index in [0.29, 0.717) is 0 Å². The van der Waals surface area contributed by atoms with Gasteiger partial charge < -0.3 is 0 Å². The van der Waals surface area contributed by atoms with E-state index in [4.69, 9.17) is 0 Å². The van der Waals surface area contributed by atoms with Gasteiger partial charge in [0.05, 0.1) is 0 Å². The van der Waals surface area contributed by atoms with Crippen molar-refractivity contribution >= 4 is 90.7 Å². The minimum Gasteiger partial charge on any atom is -0.139 e. The van der Waals surface area contributed by atoms with Crippen LogP contribution in [0.5, 0.6) is 0 Å². The summed E-state index contributed by atoms with van der Waals surface area (Å²) in [5.41, 5.74) is 11.5. The van der Waals surface area contributed by atoms with E-state index in [0.717, 1.165) is 19.3 Å². The lowest BCUT2D eigenvalue weighted by molar-refractivity contribution is 0.668. The summed E-state index contributed by atoms with van der Waals surface area (Å²) in [6, 6.07) is 47.6. The fraction of sp³-hybridized carbons (Fsp3) is 0.371. The van der Waals surface area contributed by atoms with Gasteiger partial charge in [0.1, 0.15) is 0 Å². The van der Waals surface area contributed by atoms with Crippen LogP contribution in [0.15, 0.2) is 121 Å². The molecule has 406 valence electrons. The Morgan fingerprint density at radius 1 is 0.256 bits per heavy atom. The summed E-state index contributed by atoms with van der Waals surface area (Å²) in [7, 11) is 0. The molecule has 10 rings (SSSR count). The van der Waals surface area contributed by atoms with E-state index in [2.05, 4.69) is 163 Å². The van der Waals surface area contributed by atoms with Gasteiger partial charge in [-0.2, -0.15) is 0 Å². The highest BCUT2D eigenvalue weighted by Crippen LogP contribution is 2.50. The first-order valence-corrected chi connectivity index (χ1v) is 35.9. The Morgan fingerprint density at radius 3 is 0.936 bits per heavy atom. The van der Waals surface area contributed by atoms with Gasteiger partial charge in [-0.3, -0.25) is 0 Å². The molecule has 0 fully saturated rings. The second-order valence-electron chi connectivity index (χ2n) is 21.5. The zero-order chi connectivity index (χ0) is 53.8. The highest BCUT2D eigenvalue weighted by Gasteiger charge is 2.22. The predicted molar refractivity (Wildman–Crippen MR) is 359 cm³/mol. The zero-order valence-corrected chi connectivity index (χ0v) is 53.5. The van der Waals surface area contributed by atoms with Crippen molar-refractivity contribution in [3.63, 3.8) is 0 Å². The van der Waals surface area contributed by atoms with Gasteiger partial charge >= 0.3 is 0 Å². The van der Waals surface area contributed by atoms with Crippen LogP contribution in [0.1, 0.15) is 163 Å². The minimum absolute atomic E-state index is 1.13. The molecule has 0 saturated heterocycles. The molecule has 0 aliphatic rings. The first kappa shape index (κ1) is 57.3. The van der Waals surface area contributed by atoms with Crippen molar-refractivity contribution in [2.75, 3.05) is 0 Å². The topological polar surface area (TPSA) is 0 Å². The van der Waals surface area contributed by atoms with Crippen LogP contribution in [0.25, 0.3) is 89.8 Å². The molecular formula is C70H78S8. The van der Waals surface area contributed by atoms with Crippen LogP contribution in [0.3, 0.4) is 0 Å². The van der Waals surface area contributed by atoms with Gasteiger partial charge in [-0.25, -0.2) is 0 Å². The third-order valence-electron chi connectivity index (χ3n) is 15.1. The van der Waals surface area contributed by atoms with E-state index >= 15 is 0 Å². The molecule has 0 nitrogen and oxygen atoms in total. The number of benzene rings is 2. The molecule has 0 aliphatic heterocycles. The Bertz CT molecular complexity index is 3450. The minimum atomic E-state index is 1.13. The highest BCUT2D eigenvalue weighted by molar-refractivity contribution is 7.30. The fourth-order valence-electron chi connectivity index (χ4n) is 10.9. The maximum Gasteiger partial charge on any atom is 0.0481 e. The predicted octanol–water partition coefficient (Wildman–Crippen LogP) is 26.3. The Labute approximate surface area is 500 Å². The molecular weight excluding hydrogens is 1100 g/mol. The molecule has 0 amide bonds. The SMILES string of the molecule is CCCCCCc1cc(C)sc1-c1ccc(-c2ccc(-c3sc(-c4cc(C)cc(-c5cc(CCCCCC)c(-c6ccc(-c7ccc(-c8sc(-c9ccccc9)cc8CCCCCC)s7)s6)s5)c4)cc3CCCCCC)s2)s1. The second-order valence-corrected chi connectivity index (χ2v) is 30.2. The first-order chi connectivity index (χ1) is 38.3. The maximum atomic E-state index is 2.56. The maximum absolute atomic E-state index is 2.56. The van der Waals surface area contributed by atoms with Crippen LogP contribution >= 0.6 is 90.7 Å². The summed E-state index contributed by atoms with van der Waals surface area (Å²) in [5.74, 6) is 0. The first-order valence-electron chi connectivity index (χ1n) is 29.4. The molecule has 0 unspecified atom stereocenters. The van der Waals surface area contributed by atoms with Crippen molar-refractivity contribution < 1.29 is 0 Å². The summed E-state index contributed by atoms with van der Waals surface area (Å²) < 4.78 is 0. The molecule has 0 bridgehead atoms. The quantitative estimate of drug-likeness (QED) is 0.0410. The average molecular weight is 1180 g/mol. The number of aryl methyl sites for hydroxylation is 6. The van der Waals surface area contributed by atoms with Crippen LogP contribution in [-0.2, 0) is 25.7 Å². The molecule has 0 atom stereocenters. The molecule has 10 aromatic rings. The second kappa shape index (κ2) is 28.2. The van der Waals surface area contributed by atoms with Gasteiger partial charge in [0.2, 0.25) is 0 Å². The van der Waals surface area contributed by atoms with Crippen LogP contribution in [0.2, 0.25) is 0 Å². The van der Waals surface area contributed by atoms with Gasteiger partial charge in [-0.15, -0.1) is 90.7 Å². The Balaban J connectivity index is 0.924. The molecule has 8 heteroatoms. The summed E-state index contributed by atoms with van der Waals surface area (Å²) in [6.45, 7) is 13.8. The van der Waals surface area contributed by atoms with Crippen LogP contribution in [0, 0.1) is 13.8 Å². The van der Waals surface area contributed by atoms with Crippen molar-refractivity contribution in [3.05, 3.63) is 154 Å². The van der Waals surface area contributed by atoms with Gasteiger partial charge in [0.15, 0.2) is 0 Å². The monoisotopic (exact) mass is 1170 g/mol. The van der Waals surface area contributed by atoms with Crippen molar-refractivity contribution in [2.45, 2.75) is 170 Å². The molecule has 0 saturated carbocycles. The van der Waals surface area contributed by atoms with Crippen LogP contribution in [0.4, 0.5) is 0 Å². The Hall–Kier alpha value is -3.96. The fourth-order valence-corrected chi connectivity index (χ4v) is 20.3. The standard InChI is InChI=1S/C70H78S8/c1-7-11-15-20-28-50-42-48(6)71-67(50)60-36-32-56(72-60)57-34-38-62(74-57)69-52(30-22-17-13-9-3)45-65(77-69)54-40-47(5)41-55(43-54)66-46-53(31-23-18-14-10-4)70(78-66)63-39-35-59(75-63)58-33-37-61(73-58)68-51(29-21-16-12-8-2)44-64(76-68)49-26-24-19-25-27-49/h19,24-27,32-46H,7-18,20-23,28-31H2,1-6H3. The van der Waals surface area contributed by atoms with Gasteiger partial charge in [-0.05, 0) is 189 Å². The van der Waals surface area contributed by atoms with Crippen LogP contribution in [-0.4, -0.2) is 0 Å². The number of unbranched alkanes of at least 4 members (excludes halogenated alkanes) is 12. The van der Waals surface area contributed by atoms with Crippen molar-refractivity contribution in [2.24, 2.45) is 0 Å². The summed E-state index contributed by atoms with van der Waals surface area (Å²) in [5, 5.41) is 0. The molecule has 8 heterocycles. The van der Waals surface area contributed by atoms with Gasteiger partial charge in [0.25, 0.3) is 0 Å². The summed E-state index contributed by atoms with van der Waals surface area (Å²) in [4.78, 5) is 22.7. The molecule has 0 aliphatic carbocycles. The van der Waals surface area contributed by atoms with E-state index in [9.17, 15) is 0 Å². The van der Waals surface area contributed by atoms with Crippen molar-refractivity contribution in [3.8, 4) is 89.8 Å². The lowest BCUT2D eigenvalue weighted by atomic mass is 10.0. The number of rotatable bonds is 29. The Kier molecular flexibility index (Phi) is 20.7. The molecule has 78 heavy (non-hydrogen) atoms. The largest absolute Gasteiger partial charge is 0.139 e. The van der Waals surface area contributed by atoms with E-state index in [1.165, 1.54) is 226 Å². The third kappa shape index (κ3) is 14.2. The summed E-state index contributed by atoms with van der Waals surface area (Å²) >= 11 is 15.9. The van der Waals surface area contributed by atoms with E-state index in [-0.39, 0.29) is 0 Å². The van der Waals surface area contributed by atoms with E-state index in [1.807, 2.05) is 90.7 Å². The summed E-state index contributed by atoms with van der Waals surface area (Å²) in [6.07, 6.45) is 25.2. The van der Waals surface area contributed by atoms with Gasteiger partial charge in [-0.1, -0.05) is 147 Å². The number of thiophene rings is 8. The number of hydrogen-bond donors (Lipinski definition) is 0. The molecule has 0 spiro atoms. The Morgan fingerprint density at radius 2 is 0.577 bits per heavy atom. The van der Waals surface area contributed by atoms with Crippen molar-refractivity contribution in [1.29, 1.82) is 0 Å². The lowest BCUT2D eigenvalue weighted by Gasteiger charge is -2.05. The van der Waals surface area contributed by atoms with Crippen LogP contribution < -0.4 is 0 Å². The lowest BCUT2D eigenvalue weighted by Crippen LogP contribution is -1.86. The molecule has 8 aromatic heterocycles. The van der Waals surface area contributed by atoms with E-state index in [1.54, 1.807) is 5.56 Å². The average Bonchev–Trinajstić information content (AvgIpc) is 4.33. The third-order valence-corrected chi connectivity index (χ3v) is 25.3. The molecule has 2 aromatic carbocycles. The number of hydrogen-bond acceptors (Lipinski definition) is 8.